The van der Waals surface area contributed by atoms with Gasteiger partial charge in [0.2, 0.25) is 5.91 Å². The summed E-state index contributed by atoms with van der Waals surface area (Å²) in [6.07, 6.45) is 5.15. The Morgan fingerprint density at radius 2 is 2.24 bits per heavy atom. The van der Waals surface area contributed by atoms with Crippen molar-refractivity contribution in [3.63, 3.8) is 0 Å². The van der Waals surface area contributed by atoms with Crippen molar-refractivity contribution in [3.05, 3.63) is 18.2 Å². The summed E-state index contributed by atoms with van der Waals surface area (Å²) >= 11 is 1.71. The van der Waals surface area contributed by atoms with Gasteiger partial charge in [0.1, 0.15) is 0 Å². The van der Waals surface area contributed by atoms with Crippen molar-refractivity contribution in [2.24, 2.45) is 0 Å². The van der Waals surface area contributed by atoms with E-state index in [1.807, 2.05) is 0 Å². The van der Waals surface area contributed by atoms with E-state index in [4.69, 9.17) is 5.11 Å². The van der Waals surface area contributed by atoms with E-state index < -0.39 is 5.97 Å². The number of nitrogens with one attached hydrogen (secondary N) is 2. The van der Waals surface area contributed by atoms with Gasteiger partial charge < -0.3 is 20.3 Å². The second-order valence-corrected chi connectivity index (χ2v) is 6.20. The predicted molar refractivity (Wildman–Crippen MR) is 80.5 cm³/mol. The number of aromatic carboxylic acids is 1. The zero-order valence-electron chi connectivity index (χ0n) is 11.7. The molecule has 0 unspecified atom stereocenters. The van der Waals surface area contributed by atoms with Crippen LogP contribution in [0, 0.1) is 0 Å². The van der Waals surface area contributed by atoms with E-state index in [2.05, 4.69) is 15.6 Å². The molecule has 8 heteroatoms. The molecule has 1 aliphatic heterocycles. The second-order valence-electron chi connectivity index (χ2n) is 4.91. The summed E-state index contributed by atoms with van der Waals surface area (Å²) in [4.78, 5) is 26.2. The zero-order valence-corrected chi connectivity index (χ0v) is 12.6. The highest BCUT2D eigenvalue weighted by molar-refractivity contribution is 8.00. The Bertz CT molecular complexity index is 486. The lowest BCUT2D eigenvalue weighted by Gasteiger charge is -2.21. The molecule has 2 rings (SSSR count). The van der Waals surface area contributed by atoms with Gasteiger partial charge >= 0.3 is 5.97 Å². The van der Waals surface area contributed by atoms with E-state index in [0.717, 1.165) is 25.9 Å². The van der Waals surface area contributed by atoms with Crippen molar-refractivity contribution in [2.45, 2.75) is 24.6 Å². The summed E-state index contributed by atoms with van der Waals surface area (Å²) in [5.74, 6) is -0.539. The number of piperidine rings is 1. The average molecular weight is 312 g/mol. The van der Waals surface area contributed by atoms with Crippen LogP contribution in [-0.4, -0.2) is 57.2 Å². The third-order valence-electron chi connectivity index (χ3n) is 3.28. The van der Waals surface area contributed by atoms with Crippen LogP contribution in [0.4, 0.5) is 0 Å². The maximum absolute atomic E-state index is 11.7. The molecular weight excluding hydrogens is 292 g/mol. The van der Waals surface area contributed by atoms with Crippen molar-refractivity contribution >= 4 is 23.6 Å². The van der Waals surface area contributed by atoms with Crippen LogP contribution in [0.5, 0.6) is 0 Å². The monoisotopic (exact) mass is 312 g/mol. The smallest absolute Gasteiger partial charge is 0.356 e. The number of thioether (sulfide) groups is 1. The van der Waals surface area contributed by atoms with Crippen LogP contribution >= 0.6 is 11.8 Å². The Kier molecular flexibility index (Phi) is 6.06. The van der Waals surface area contributed by atoms with E-state index in [-0.39, 0.29) is 11.6 Å². The van der Waals surface area contributed by atoms with E-state index in [1.165, 1.54) is 12.5 Å². The van der Waals surface area contributed by atoms with Crippen LogP contribution in [0.25, 0.3) is 0 Å². The quantitative estimate of drug-likeness (QED) is 0.665. The fraction of sp³-hybridized carbons (Fsp3) is 0.615. The molecule has 116 valence electrons. The molecule has 0 atom stereocenters. The normalized spacial score (nSPS) is 15.8. The number of nitrogens with zero attached hydrogens (tertiary/aromatic N) is 2. The SMILES string of the molecule is O=C(CSC1CCNCC1)NCCn1cnc(C(=O)O)c1. The topological polar surface area (TPSA) is 96.3 Å². The van der Waals surface area contributed by atoms with Crippen molar-refractivity contribution in [1.29, 1.82) is 0 Å². The third-order valence-corrected chi connectivity index (χ3v) is 4.65. The van der Waals surface area contributed by atoms with Gasteiger partial charge in [-0.1, -0.05) is 0 Å². The molecule has 21 heavy (non-hydrogen) atoms. The molecule has 1 amide bonds. The minimum Gasteiger partial charge on any atom is -0.476 e. The first-order chi connectivity index (χ1) is 10.1. The number of hydrogen-bond donors (Lipinski definition) is 3. The Morgan fingerprint density at radius 1 is 1.48 bits per heavy atom. The number of hydrogen-bond acceptors (Lipinski definition) is 5. The molecule has 1 aliphatic rings. The molecule has 0 bridgehead atoms. The summed E-state index contributed by atoms with van der Waals surface area (Å²) < 4.78 is 1.66. The maximum atomic E-state index is 11.7. The Hall–Kier alpha value is -1.54. The fourth-order valence-corrected chi connectivity index (χ4v) is 3.18. The van der Waals surface area contributed by atoms with Gasteiger partial charge in [0.25, 0.3) is 0 Å². The Labute approximate surface area is 127 Å². The lowest BCUT2D eigenvalue weighted by molar-refractivity contribution is -0.118. The van der Waals surface area contributed by atoms with E-state index in [9.17, 15) is 9.59 Å². The molecule has 3 N–H and O–H groups in total. The first kappa shape index (κ1) is 15.8. The molecular formula is C13H20N4O3S. The highest BCUT2D eigenvalue weighted by Crippen LogP contribution is 2.19. The minimum absolute atomic E-state index is 0.0165. The van der Waals surface area contributed by atoms with Crippen LogP contribution in [0.1, 0.15) is 23.3 Å². The zero-order chi connectivity index (χ0) is 15.1. The van der Waals surface area contributed by atoms with Crippen LogP contribution in [0.2, 0.25) is 0 Å². The molecule has 1 aromatic heterocycles. The number of carbonyl (C=O) groups excluding carboxylic acids is 1. The van der Waals surface area contributed by atoms with Crippen molar-refractivity contribution in [2.75, 3.05) is 25.4 Å². The number of rotatable bonds is 7. The highest BCUT2D eigenvalue weighted by Gasteiger charge is 2.14. The van der Waals surface area contributed by atoms with Gasteiger partial charge in [-0.05, 0) is 25.9 Å². The standard InChI is InChI=1S/C13H20N4O3S/c18-12(8-21-10-1-3-14-4-2-10)15-5-6-17-7-11(13(19)20)16-9-17/h7,9-10,14H,1-6,8H2,(H,15,18)(H,19,20). The molecule has 0 spiro atoms. The molecule has 1 aromatic rings. The van der Waals surface area contributed by atoms with Gasteiger partial charge in [0.05, 0.1) is 12.1 Å². The number of imidazole rings is 1. The minimum atomic E-state index is -1.05. The molecule has 0 aromatic carbocycles. The predicted octanol–water partition coefficient (Wildman–Crippen LogP) is 0.183. The summed E-state index contributed by atoms with van der Waals surface area (Å²) in [6, 6.07) is 0. The van der Waals surface area contributed by atoms with Crippen LogP contribution in [-0.2, 0) is 11.3 Å². The van der Waals surface area contributed by atoms with Gasteiger partial charge in [-0.15, -0.1) is 11.8 Å². The van der Waals surface area contributed by atoms with Crippen LogP contribution < -0.4 is 10.6 Å². The lowest BCUT2D eigenvalue weighted by atomic mass is 10.2. The van der Waals surface area contributed by atoms with Crippen LogP contribution in [0.3, 0.4) is 0 Å². The van der Waals surface area contributed by atoms with Gasteiger partial charge in [-0.3, -0.25) is 4.79 Å². The highest BCUT2D eigenvalue weighted by atomic mass is 32.2. The molecule has 0 aliphatic carbocycles. The second kappa shape index (κ2) is 8.04. The van der Waals surface area contributed by atoms with E-state index >= 15 is 0 Å². The first-order valence-corrected chi connectivity index (χ1v) is 8.04. The number of amides is 1. The van der Waals surface area contributed by atoms with Crippen molar-refractivity contribution in [1.82, 2.24) is 20.2 Å². The molecule has 0 radical (unpaired) electrons. The molecule has 7 nitrogen and oxygen atoms in total. The number of carbonyl (C=O) groups is 2. The summed E-state index contributed by atoms with van der Waals surface area (Å²) in [6.45, 7) is 3.06. The molecule has 2 heterocycles. The summed E-state index contributed by atoms with van der Waals surface area (Å²) in [7, 11) is 0. The van der Waals surface area contributed by atoms with Gasteiger partial charge in [0.15, 0.2) is 5.69 Å². The maximum Gasteiger partial charge on any atom is 0.356 e. The molecule has 1 fully saturated rings. The number of aromatic nitrogens is 2. The number of carboxylic acid groups (broad SMARTS) is 1. The van der Waals surface area contributed by atoms with Gasteiger partial charge in [-0.25, -0.2) is 9.78 Å². The fourth-order valence-electron chi connectivity index (χ4n) is 2.12. The summed E-state index contributed by atoms with van der Waals surface area (Å²) in [5.41, 5.74) is 0.0165. The molecule has 0 saturated carbocycles. The van der Waals surface area contributed by atoms with Gasteiger partial charge in [-0.2, -0.15) is 0 Å². The molecule has 1 saturated heterocycles. The van der Waals surface area contributed by atoms with Crippen LogP contribution in [0.15, 0.2) is 12.5 Å². The third kappa shape index (κ3) is 5.39. The summed E-state index contributed by atoms with van der Waals surface area (Å²) in [5, 5.41) is 15.5. The van der Waals surface area contributed by atoms with E-state index in [1.54, 1.807) is 16.3 Å². The van der Waals surface area contributed by atoms with Crippen molar-refractivity contribution < 1.29 is 14.7 Å². The Balaban J connectivity index is 1.61. The van der Waals surface area contributed by atoms with E-state index in [0.29, 0.717) is 24.1 Å². The first-order valence-electron chi connectivity index (χ1n) is 6.99. The lowest BCUT2D eigenvalue weighted by Crippen LogP contribution is -2.32. The van der Waals surface area contributed by atoms with Crippen molar-refractivity contribution in [3.8, 4) is 0 Å². The van der Waals surface area contributed by atoms with Gasteiger partial charge in [0, 0.05) is 24.5 Å². The average Bonchev–Trinajstić information content (AvgIpc) is 2.95. The largest absolute Gasteiger partial charge is 0.476 e. The Morgan fingerprint density at radius 3 is 2.90 bits per heavy atom. The number of carboxylic acids is 1.